The molecule has 0 bridgehead atoms. The average Bonchev–Trinajstić information content (AvgIpc) is 3.00. The van der Waals surface area contributed by atoms with Gasteiger partial charge in [-0.25, -0.2) is 4.79 Å². The van der Waals surface area contributed by atoms with Gasteiger partial charge in [0.25, 0.3) is 5.91 Å². The Balaban J connectivity index is 1.73. The summed E-state index contributed by atoms with van der Waals surface area (Å²) < 4.78 is 6.51. The molecule has 1 fully saturated rings. The van der Waals surface area contributed by atoms with E-state index in [0.717, 1.165) is 62.7 Å². The van der Waals surface area contributed by atoms with E-state index < -0.39 is 12.1 Å². The summed E-state index contributed by atoms with van der Waals surface area (Å²) in [6.45, 7) is 15.3. The summed E-state index contributed by atoms with van der Waals surface area (Å²) in [7, 11) is 0. The van der Waals surface area contributed by atoms with E-state index in [1.165, 1.54) is 11.6 Å². The number of nitrogens with one attached hydrogen (secondary N) is 3. The number of phenols is 1. The van der Waals surface area contributed by atoms with Crippen molar-refractivity contribution < 1.29 is 19.4 Å². The number of rotatable bonds is 13. The van der Waals surface area contributed by atoms with Gasteiger partial charge in [-0.3, -0.25) is 4.79 Å². The Morgan fingerprint density at radius 1 is 0.977 bits per heavy atom. The number of urea groups is 1. The van der Waals surface area contributed by atoms with Crippen LogP contribution < -0.4 is 20.7 Å². The molecule has 0 radical (unpaired) electrons. The smallest absolute Gasteiger partial charge is 0.319 e. The molecule has 0 spiro atoms. The largest absolute Gasteiger partial charge is 0.506 e. The molecular weight excluding hydrogens is 552 g/mol. The molecule has 0 saturated heterocycles. The maximum Gasteiger partial charge on any atom is 0.319 e. The number of hydrogen-bond acceptors (Lipinski definition) is 5. The van der Waals surface area contributed by atoms with Crippen molar-refractivity contribution in [3.8, 4) is 17.6 Å². The lowest BCUT2D eigenvalue weighted by Gasteiger charge is -2.31. The fourth-order valence-corrected chi connectivity index (χ4v) is 5.41. The van der Waals surface area contributed by atoms with Crippen LogP contribution in [0.25, 0.3) is 0 Å². The number of anilines is 2. The normalized spacial score (nSPS) is 17.7. The van der Waals surface area contributed by atoms with Crippen LogP contribution in [0.4, 0.5) is 16.2 Å². The predicted molar refractivity (Wildman–Crippen MR) is 177 cm³/mol. The van der Waals surface area contributed by atoms with Gasteiger partial charge in [-0.2, -0.15) is 5.26 Å². The molecule has 8 heteroatoms. The molecule has 0 heterocycles. The van der Waals surface area contributed by atoms with Gasteiger partial charge < -0.3 is 25.8 Å². The quantitative estimate of drug-likeness (QED) is 0.171. The summed E-state index contributed by atoms with van der Waals surface area (Å²) in [6, 6.07) is 12.9. The highest BCUT2D eigenvalue weighted by Crippen LogP contribution is 2.39. The van der Waals surface area contributed by atoms with Crippen molar-refractivity contribution in [1.29, 1.82) is 5.26 Å². The van der Waals surface area contributed by atoms with Crippen LogP contribution in [0, 0.1) is 17.2 Å². The molecule has 4 N–H and O–H groups in total. The molecule has 240 valence electrons. The number of unbranched alkanes of at least 4 members (excludes halogenated alkanes) is 1. The van der Waals surface area contributed by atoms with E-state index in [2.05, 4.69) is 82.6 Å². The van der Waals surface area contributed by atoms with Crippen LogP contribution in [0.2, 0.25) is 0 Å². The number of hydrogen-bond donors (Lipinski definition) is 4. The van der Waals surface area contributed by atoms with Crippen molar-refractivity contribution in [3.05, 3.63) is 47.5 Å². The van der Waals surface area contributed by atoms with E-state index in [0.29, 0.717) is 12.1 Å². The number of amides is 3. The van der Waals surface area contributed by atoms with Crippen molar-refractivity contribution in [1.82, 2.24) is 5.32 Å². The van der Waals surface area contributed by atoms with Crippen LogP contribution >= 0.6 is 0 Å². The molecule has 0 aromatic heterocycles. The zero-order valence-corrected chi connectivity index (χ0v) is 27.7. The van der Waals surface area contributed by atoms with Crippen LogP contribution in [0.3, 0.4) is 0 Å². The van der Waals surface area contributed by atoms with Crippen LogP contribution in [-0.2, 0) is 15.6 Å². The summed E-state index contributed by atoms with van der Waals surface area (Å²) >= 11 is 0. The van der Waals surface area contributed by atoms with E-state index in [1.54, 1.807) is 12.1 Å². The average molecular weight is 605 g/mol. The second-order valence-electron chi connectivity index (χ2n) is 13.4. The molecule has 44 heavy (non-hydrogen) atoms. The molecule has 1 unspecified atom stereocenters. The molecule has 2 aromatic rings. The highest BCUT2D eigenvalue weighted by molar-refractivity contribution is 5.96. The Labute approximate surface area is 264 Å². The van der Waals surface area contributed by atoms with Crippen LogP contribution in [0.15, 0.2) is 36.4 Å². The van der Waals surface area contributed by atoms with E-state index in [4.69, 9.17) is 10.00 Å². The second-order valence-corrected chi connectivity index (χ2v) is 13.4. The van der Waals surface area contributed by atoms with Gasteiger partial charge in [0.15, 0.2) is 6.10 Å². The second kappa shape index (κ2) is 15.3. The lowest BCUT2D eigenvalue weighted by atomic mass is 9.76. The molecule has 2 aromatic carbocycles. The number of phenolic OH excluding ortho intramolecular Hbond substituents is 1. The van der Waals surface area contributed by atoms with Gasteiger partial charge in [0.05, 0.1) is 11.8 Å². The number of carbonyl (C=O) groups excluding carboxylic acids is 2. The molecule has 3 rings (SSSR count). The minimum Gasteiger partial charge on any atom is -0.506 e. The van der Waals surface area contributed by atoms with Gasteiger partial charge in [0.1, 0.15) is 11.5 Å². The van der Waals surface area contributed by atoms with Gasteiger partial charge in [-0.15, -0.1) is 0 Å². The topological polar surface area (TPSA) is 123 Å². The molecular formula is C36H52N4O4. The number of carbonyl (C=O) groups is 2. The fraction of sp³-hybridized carbons (Fsp3) is 0.583. The summed E-state index contributed by atoms with van der Waals surface area (Å²) in [5.41, 5.74) is 2.88. The first-order valence-electron chi connectivity index (χ1n) is 16.3. The van der Waals surface area contributed by atoms with Crippen molar-refractivity contribution in [3.63, 3.8) is 0 Å². The molecule has 1 atom stereocenters. The van der Waals surface area contributed by atoms with Gasteiger partial charge in [-0.1, -0.05) is 67.0 Å². The van der Waals surface area contributed by atoms with E-state index in [9.17, 15) is 14.7 Å². The minimum absolute atomic E-state index is 0.00175. The maximum absolute atomic E-state index is 13.5. The molecule has 0 aliphatic heterocycles. The summed E-state index contributed by atoms with van der Waals surface area (Å²) in [5.74, 6) is 0.331. The minimum atomic E-state index is -0.715. The predicted octanol–water partition coefficient (Wildman–Crippen LogP) is 8.55. The summed E-state index contributed by atoms with van der Waals surface area (Å²) in [5, 5.41) is 28.2. The molecule has 1 aliphatic rings. The lowest BCUT2D eigenvalue weighted by Crippen LogP contribution is -2.40. The first-order chi connectivity index (χ1) is 20.8. The van der Waals surface area contributed by atoms with Crippen LogP contribution in [0.1, 0.15) is 117 Å². The first kappa shape index (κ1) is 34.8. The number of nitriles is 1. The number of nitrogens with zero attached hydrogens (tertiary/aromatic N) is 1. The highest BCUT2D eigenvalue weighted by Gasteiger charge is 2.29. The summed E-state index contributed by atoms with van der Waals surface area (Å²) in [6.07, 6.45) is 6.56. The standard InChI is InChI=1S/C36H52N4O4/c1-8-11-12-32(44-31-20-15-25(35(4,5)9-2)21-28(31)36(6,7)10-3)33(42)38-27-18-19-29(30(41)22-27)40-34(43)39-26-16-13-24(23-37)14-17-26/h15,18-22,24,26,32,41H,8-14,16-17H2,1-7H3,(H,38,42)(H2,39,40,43). The Kier molecular flexibility index (Phi) is 12.1. The Hall–Kier alpha value is -3.73. The van der Waals surface area contributed by atoms with E-state index >= 15 is 0 Å². The monoisotopic (exact) mass is 604 g/mol. The zero-order chi connectivity index (χ0) is 32.5. The number of benzene rings is 2. The number of ether oxygens (including phenoxy) is 1. The zero-order valence-electron chi connectivity index (χ0n) is 27.7. The third-order valence-corrected chi connectivity index (χ3v) is 9.40. The van der Waals surface area contributed by atoms with Crippen LogP contribution in [0.5, 0.6) is 11.5 Å². The maximum atomic E-state index is 13.5. The van der Waals surface area contributed by atoms with E-state index in [1.807, 2.05) is 6.07 Å². The van der Waals surface area contributed by atoms with Crippen molar-refractivity contribution in [2.45, 2.75) is 129 Å². The molecule has 8 nitrogen and oxygen atoms in total. The lowest BCUT2D eigenvalue weighted by molar-refractivity contribution is -0.123. The highest BCUT2D eigenvalue weighted by atomic mass is 16.5. The van der Waals surface area contributed by atoms with Crippen LogP contribution in [-0.4, -0.2) is 29.2 Å². The fourth-order valence-electron chi connectivity index (χ4n) is 5.41. The molecule has 3 amide bonds. The summed E-state index contributed by atoms with van der Waals surface area (Å²) in [4.78, 5) is 26.1. The van der Waals surface area contributed by atoms with Gasteiger partial charge in [0.2, 0.25) is 0 Å². The van der Waals surface area contributed by atoms with Crippen molar-refractivity contribution in [2.24, 2.45) is 5.92 Å². The van der Waals surface area contributed by atoms with Crippen molar-refractivity contribution in [2.75, 3.05) is 10.6 Å². The first-order valence-corrected chi connectivity index (χ1v) is 16.3. The third kappa shape index (κ3) is 9.14. The SMILES string of the molecule is CCCCC(Oc1ccc(C(C)(C)CC)cc1C(C)(C)CC)C(=O)Nc1ccc(NC(=O)NC2CCC(C#N)CC2)c(O)c1. The Bertz CT molecular complexity index is 1320. The van der Waals surface area contributed by atoms with Gasteiger partial charge in [-0.05, 0) is 86.0 Å². The molecule has 1 aliphatic carbocycles. The third-order valence-electron chi connectivity index (χ3n) is 9.40. The van der Waals surface area contributed by atoms with Crippen molar-refractivity contribution >= 4 is 23.3 Å². The van der Waals surface area contributed by atoms with E-state index in [-0.39, 0.29) is 40.1 Å². The van der Waals surface area contributed by atoms with Gasteiger partial charge >= 0.3 is 6.03 Å². The Morgan fingerprint density at radius 2 is 1.66 bits per heavy atom. The molecule has 1 saturated carbocycles. The Morgan fingerprint density at radius 3 is 2.25 bits per heavy atom. The van der Waals surface area contributed by atoms with Gasteiger partial charge in [0, 0.05) is 29.3 Å². The number of aromatic hydroxyl groups is 1.